The van der Waals surface area contributed by atoms with Gasteiger partial charge < -0.3 is 24.8 Å². The minimum absolute atomic E-state index is 0.00364. The third kappa shape index (κ3) is 4.41. The number of amides is 2. The van der Waals surface area contributed by atoms with Crippen molar-refractivity contribution in [3.8, 4) is 5.75 Å². The van der Waals surface area contributed by atoms with E-state index in [0.29, 0.717) is 19.6 Å². The molecule has 5 rings (SSSR count). The molecule has 0 unspecified atom stereocenters. The van der Waals surface area contributed by atoms with Crippen LogP contribution >= 0.6 is 11.3 Å². The lowest BCUT2D eigenvalue weighted by molar-refractivity contribution is 0.194. The van der Waals surface area contributed by atoms with Crippen LogP contribution < -0.4 is 15.0 Å². The predicted molar refractivity (Wildman–Crippen MR) is 135 cm³/mol. The second kappa shape index (κ2) is 9.58. The number of nitrogens with one attached hydrogen (secondary N) is 2. The van der Waals surface area contributed by atoms with Crippen molar-refractivity contribution >= 4 is 34.0 Å². The van der Waals surface area contributed by atoms with Gasteiger partial charge in [0.05, 0.1) is 12.8 Å². The first-order valence-electron chi connectivity index (χ1n) is 11.2. The average Bonchev–Trinajstić information content (AvgIpc) is 3.55. The molecule has 33 heavy (non-hydrogen) atoms. The molecule has 2 N–H and O–H groups in total. The maximum atomic E-state index is 13.0. The van der Waals surface area contributed by atoms with Gasteiger partial charge in [0.25, 0.3) is 0 Å². The molecule has 4 aromatic rings. The lowest BCUT2D eigenvalue weighted by atomic mass is 9.97. The van der Waals surface area contributed by atoms with Crippen LogP contribution in [0, 0.1) is 0 Å². The predicted octanol–water partition coefficient (Wildman–Crippen LogP) is 4.90. The average molecular weight is 461 g/mol. The number of aromatic amines is 1. The van der Waals surface area contributed by atoms with E-state index in [9.17, 15) is 4.79 Å². The van der Waals surface area contributed by atoms with Crippen molar-refractivity contribution in [2.24, 2.45) is 0 Å². The number of fused-ring (bicyclic) bond motifs is 1. The SMILES string of the molecule is COc1ccccc1N1CCN(C(=O)NC[C@@H](c2cccs2)c2c[nH]c3ccccc23)CC1. The number of hydrogen-bond donors (Lipinski definition) is 2. The van der Waals surface area contributed by atoms with Crippen LogP contribution in [0.2, 0.25) is 0 Å². The highest BCUT2D eigenvalue weighted by molar-refractivity contribution is 7.10. The first kappa shape index (κ1) is 21.4. The van der Waals surface area contributed by atoms with Crippen molar-refractivity contribution in [2.75, 3.05) is 44.7 Å². The Morgan fingerprint density at radius 3 is 2.64 bits per heavy atom. The Morgan fingerprint density at radius 1 is 1.06 bits per heavy atom. The Kier molecular flexibility index (Phi) is 6.21. The molecule has 1 atom stereocenters. The van der Waals surface area contributed by atoms with Crippen LogP contribution in [0.4, 0.5) is 10.5 Å². The minimum Gasteiger partial charge on any atom is -0.495 e. The van der Waals surface area contributed by atoms with Crippen molar-refractivity contribution in [3.05, 3.63) is 82.7 Å². The summed E-state index contributed by atoms with van der Waals surface area (Å²) in [5.74, 6) is 0.980. The Bertz CT molecular complexity index is 1210. The van der Waals surface area contributed by atoms with Gasteiger partial charge in [0.15, 0.2) is 0 Å². The number of H-pyrrole nitrogens is 1. The van der Waals surface area contributed by atoms with Crippen molar-refractivity contribution in [2.45, 2.75) is 5.92 Å². The van der Waals surface area contributed by atoms with Crippen LogP contribution in [-0.4, -0.2) is 55.7 Å². The molecule has 0 bridgehead atoms. The zero-order chi connectivity index (χ0) is 22.6. The van der Waals surface area contributed by atoms with Crippen molar-refractivity contribution in [1.29, 1.82) is 0 Å². The molecule has 1 aliphatic heterocycles. The third-order valence-electron chi connectivity index (χ3n) is 6.33. The zero-order valence-electron chi connectivity index (χ0n) is 18.7. The number of rotatable bonds is 6. The number of carbonyl (C=O) groups is 1. The number of aromatic nitrogens is 1. The molecule has 2 aromatic carbocycles. The summed E-state index contributed by atoms with van der Waals surface area (Å²) in [6, 6.07) is 20.6. The Hall–Kier alpha value is -3.45. The van der Waals surface area contributed by atoms with Crippen LogP contribution in [0.5, 0.6) is 5.75 Å². The molecule has 0 saturated carbocycles. The number of urea groups is 1. The summed E-state index contributed by atoms with van der Waals surface area (Å²) in [5.41, 5.74) is 3.42. The van der Waals surface area contributed by atoms with Crippen LogP contribution in [0.25, 0.3) is 10.9 Å². The third-order valence-corrected chi connectivity index (χ3v) is 7.32. The highest BCUT2D eigenvalue weighted by Crippen LogP contribution is 2.33. The topological polar surface area (TPSA) is 60.6 Å². The van der Waals surface area contributed by atoms with E-state index >= 15 is 0 Å². The van der Waals surface area contributed by atoms with Crippen LogP contribution in [-0.2, 0) is 0 Å². The van der Waals surface area contributed by atoms with Crippen LogP contribution in [0.3, 0.4) is 0 Å². The normalized spacial score (nSPS) is 14.9. The number of para-hydroxylation sites is 3. The number of ether oxygens (including phenoxy) is 1. The summed E-state index contributed by atoms with van der Waals surface area (Å²) in [5, 5.41) is 6.51. The number of hydrogen-bond acceptors (Lipinski definition) is 4. The molecule has 0 spiro atoms. The minimum atomic E-state index is -0.00364. The van der Waals surface area contributed by atoms with Gasteiger partial charge in [0.2, 0.25) is 0 Å². The van der Waals surface area contributed by atoms with Crippen LogP contribution in [0.1, 0.15) is 16.4 Å². The molecule has 2 amide bonds. The lowest BCUT2D eigenvalue weighted by Crippen LogP contribution is -2.52. The standard InChI is InChI=1S/C26H28N4O2S/c1-32-24-10-5-4-9-23(24)29-12-14-30(15-13-29)26(31)28-18-21(25-11-6-16-33-25)20-17-27-22-8-3-2-7-19(20)22/h2-11,16-17,21,27H,12-15,18H2,1H3,(H,28,31)/t21-/m1/s1. The maximum Gasteiger partial charge on any atom is 0.317 e. The zero-order valence-corrected chi connectivity index (χ0v) is 19.5. The van der Waals surface area contributed by atoms with E-state index in [2.05, 4.69) is 63.2 Å². The fourth-order valence-corrected chi connectivity index (χ4v) is 5.42. The number of methoxy groups -OCH3 is 1. The number of anilines is 1. The van der Waals surface area contributed by atoms with E-state index < -0.39 is 0 Å². The molecule has 2 aromatic heterocycles. The molecular formula is C26H28N4O2S. The molecule has 1 fully saturated rings. The van der Waals surface area contributed by atoms with E-state index in [4.69, 9.17) is 4.74 Å². The first-order chi connectivity index (χ1) is 16.2. The molecule has 7 heteroatoms. The van der Waals surface area contributed by atoms with Gasteiger partial charge in [-0.2, -0.15) is 0 Å². The number of benzene rings is 2. The lowest BCUT2D eigenvalue weighted by Gasteiger charge is -2.36. The summed E-state index contributed by atoms with van der Waals surface area (Å²) in [4.78, 5) is 21.9. The van der Waals surface area contributed by atoms with Gasteiger partial charge in [-0.15, -0.1) is 11.3 Å². The van der Waals surface area contributed by atoms with Gasteiger partial charge in [-0.1, -0.05) is 36.4 Å². The van der Waals surface area contributed by atoms with Gasteiger partial charge in [0, 0.05) is 60.6 Å². The van der Waals surface area contributed by atoms with Gasteiger partial charge >= 0.3 is 6.03 Å². The van der Waals surface area contributed by atoms with Gasteiger partial charge in [-0.05, 0) is 35.2 Å². The van der Waals surface area contributed by atoms with E-state index in [0.717, 1.165) is 30.0 Å². The van der Waals surface area contributed by atoms with Crippen molar-refractivity contribution < 1.29 is 9.53 Å². The molecule has 0 radical (unpaired) electrons. The summed E-state index contributed by atoms with van der Waals surface area (Å²) < 4.78 is 5.50. The fourth-order valence-electron chi connectivity index (χ4n) is 4.58. The van der Waals surface area contributed by atoms with Gasteiger partial charge in [-0.25, -0.2) is 4.79 Å². The first-order valence-corrected chi connectivity index (χ1v) is 12.1. The highest BCUT2D eigenvalue weighted by Gasteiger charge is 2.25. The second-order valence-electron chi connectivity index (χ2n) is 8.19. The molecule has 3 heterocycles. The highest BCUT2D eigenvalue weighted by atomic mass is 32.1. The van der Waals surface area contributed by atoms with E-state index in [1.165, 1.54) is 15.8 Å². The Balaban J connectivity index is 1.25. The van der Waals surface area contributed by atoms with E-state index in [1.807, 2.05) is 29.2 Å². The van der Waals surface area contributed by atoms with Crippen molar-refractivity contribution in [3.63, 3.8) is 0 Å². The van der Waals surface area contributed by atoms with Gasteiger partial charge in [0.1, 0.15) is 5.75 Å². The van der Waals surface area contributed by atoms with Crippen molar-refractivity contribution in [1.82, 2.24) is 15.2 Å². The number of nitrogens with zero attached hydrogens (tertiary/aromatic N) is 2. The maximum absolute atomic E-state index is 13.0. The fraction of sp³-hybridized carbons (Fsp3) is 0.269. The largest absolute Gasteiger partial charge is 0.495 e. The molecule has 6 nitrogen and oxygen atoms in total. The molecule has 0 aliphatic carbocycles. The second-order valence-corrected chi connectivity index (χ2v) is 9.17. The molecule has 170 valence electrons. The number of carbonyl (C=O) groups excluding carboxylic acids is 1. The summed E-state index contributed by atoms with van der Waals surface area (Å²) in [6.45, 7) is 3.49. The number of thiophene rings is 1. The van der Waals surface area contributed by atoms with Crippen LogP contribution in [0.15, 0.2) is 72.2 Å². The molecular weight excluding hydrogens is 432 g/mol. The monoisotopic (exact) mass is 460 g/mol. The van der Waals surface area contributed by atoms with E-state index in [1.54, 1.807) is 18.4 Å². The van der Waals surface area contributed by atoms with E-state index in [-0.39, 0.29) is 11.9 Å². The molecule has 1 saturated heterocycles. The number of piperazine rings is 1. The quantitative estimate of drug-likeness (QED) is 0.430. The molecule has 1 aliphatic rings. The van der Waals surface area contributed by atoms with Gasteiger partial charge in [-0.3, -0.25) is 0 Å². The summed E-state index contributed by atoms with van der Waals surface area (Å²) >= 11 is 1.73. The Labute approximate surface area is 197 Å². The summed E-state index contributed by atoms with van der Waals surface area (Å²) in [6.07, 6.45) is 2.08. The Morgan fingerprint density at radius 2 is 1.85 bits per heavy atom. The summed E-state index contributed by atoms with van der Waals surface area (Å²) in [7, 11) is 1.69. The smallest absolute Gasteiger partial charge is 0.317 e.